The molecule has 0 spiro atoms. The van der Waals surface area contributed by atoms with E-state index in [1.54, 1.807) is 12.1 Å². The first-order chi connectivity index (χ1) is 13.5. The van der Waals surface area contributed by atoms with Crippen LogP contribution in [0, 0.1) is 12.7 Å². The zero-order valence-corrected chi connectivity index (χ0v) is 16.3. The Morgan fingerprint density at radius 3 is 2.79 bits per heavy atom. The van der Waals surface area contributed by atoms with E-state index in [1.807, 2.05) is 19.1 Å². The minimum Gasteiger partial charge on any atom is -0.379 e. The van der Waals surface area contributed by atoms with Crippen LogP contribution in [0.1, 0.15) is 21.6 Å². The highest BCUT2D eigenvalue weighted by Crippen LogP contribution is 2.24. The average molecular weight is 402 g/mol. The third-order valence-corrected chi connectivity index (χ3v) is 5.14. The van der Waals surface area contributed by atoms with E-state index in [9.17, 15) is 9.18 Å². The van der Waals surface area contributed by atoms with Crippen molar-refractivity contribution in [3.8, 4) is 0 Å². The summed E-state index contributed by atoms with van der Waals surface area (Å²) in [5.74, 6) is -0.693. The van der Waals surface area contributed by atoms with Crippen LogP contribution in [-0.4, -0.2) is 42.1 Å². The van der Waals surface area contributed by atoms with Gasteiger partial charge in [-0.15, -0.1) is 0 Å². The zero-order valence-electron chi connectivity index (χ0n) is 15.5. The summed E-state index contributed by atoms with van der Waals surface area (Å²) in [5, 5.41) is 3.82. The lowest BCUT2D eigenvalue weighted by atomic mass is 10.1. The summed E-state index contributed by atoms with van der Waals surface area (Å²) in [6.07, 6.45) is 0. The maximum atomic E-state index is 14.0. The number of hydrogen-bond acceptors (Lipinski definition) is 3. The molecule has 0 bridgehead atoms. The fraction of sp³-hybridized carbons (Fsp3) is 0.286. The molecule has 3 aromatic rings. The molecule has 28 heavy (non-hydrogen) atoms. The lowest BCUT2D eigenvalue weighted by Gasteiger charge is -2.26. The summed E-state index contributed by atoms with van der Waals surface area (Å²) in [4.78, 5) is 18.0. The second-order valence-corrected chi connectivity index (χ2v) is 7.46. The van der Waals surface area contributed by atoms with Crippen molar-refractivity contribution in [2.75, 3.05) is 31.6 Å². The minimum atomic E-state index is -0.355. The standard InChI is InChI=1S/C21H21ClFN3O2/c1-13-2-3-18(23)17-11-19(25-20(13)17)21(27)24-16-9-14(8-15(22)10-16)12-26-4-6-28-7-5-26/h2-3,8-11,25H,4-7,12H2,1H3,(H,24,27). The Bertz CT molecular complexity index is 989. The van der Waals surface area contributed by atoms with Gasteiger partial charge in [-0.3, -0.25) is 9.69 Å². The molecule has 5 nitrogen and oxygen atoms in total. The van der Waals surface area contributed by atoms with Gasteiger partial charge in [0.25, 0.3) is 5.91 Å². The summed E-state index contributed by atoms with van der Waals surface area (Å²) < 4.78 is 19.4. The van der Waals surface area contributed by atoms with E-state index < -0.39 is 0 Å². The number of anilines is 1. The molecule has 4 rings (SSSR count). The molecule has 146 valence electrons. The van der Waals surface area contributed by atoms with Gasteiger partial charge in [-0.05, 0) is 48.4 Å². The number of carbonyl (C=O) groups is 1. The molecule has 1 saturated heterocycles. The van der Waals surface area contributed by atoms with Gasteiger partial charge >= 0.3 is 0 Å². The Labute approximate surface area is 167 Å². The van der Waals surface area contributed by atoms with E-state index in [-0.39, 0.29) is 11.7 Å². The van der Waals surface area contributed by atoms with Crippen molar-refractivity contribution in [3.05, 3.63) is 64.1 Å². The van der Waals surface area contributed by atoms with Crippen molar-refractivity contribution in [1.82, 2.24) is 9.88 Å². The SMILES string of the molecule is Cc1ccc(F)c2cc(C(=O)Nc3cc(Cl)cc(CN4CCOCC4)c3)[nH]c12. The number of fused-ring (bicyclic) bond motifs is 1. The molecule has 2 heterocycles. The van der Waals surface area contributed by atoms with Gasteiger partial charge < -0.3 is 15.0 Å². The van der Waals surface area contributed by atoms with E-state index in [1.165, 1.54) is 12.1 Å². The van der Waals surface area contributed by atoms with Gasteiger partial charge in [0.05, 0.1) is 18.7 Å². The molecule has 2 aromatic carbocycles. The summed E-state index contributed by atoms with van der Waals surface area (Å²) in [5.41, 5.74) is 3.44. The van der Waals surface area contributed by atoms with Gasteiger partial charge in [0.1, 0.15) is 11.5 Å². The van der Waals surface area contributed by atoms with Crippen molar-refractivity contribution in [2.24, 2.45) is 0 Å². The molecule has 1 amide bonds. The van der Waals surface area contributed by atoms with Crippen LogP contribution in [0.25, 0.3) is 10.9 Å². The van der Waals surface area contributed by atoms with Gasteiger partial charge in [0, 0.05) is 35.7 Å². The van der Waals surface area contributed by atoms with Crippen LogP contribution in [0.3, 0.4) is 0 Å². The number of aryl methyl sites for hydroxylation is 1. The van der Waals surface area contributed by atoms with Crippen LogP contribution in [-0.2, 0) is 11.3 Å². The highest BCUT2D eigenvalue weighted by molar-refractivity contribution is 6.31. The topological polar surface area (TPSA) is 57.4 Å². The normalized spacial score (nSPS) is 15.1. The van der Waals surface area contributed by atoms with Gasteiger partial charge in [0.15, 0.2) is 0 Å². The Morgan fingerprint density at radius 2 is 2.04 bits per heavy atom. The first kappa shape index (κ1) is 18.9. The number of rotatable bonds is 4. The largest absolute Gasteiger partial charge is 0.379 e. The van der Waals surface area contributed by atoms with Gasteiger partial charge in [-0.25, -0.2) is 4.39 Å². The molecule has 1 aliphatic heterocycles. The number of H-pyrrole nitrogens is 1. The lowest BCUT2D eigenvalue weighted by molar-refractivity contribution is 0.0342. The molecular formula is C21H21ClFN3O2. The number of hydrogen-bond donors (Lipinski definition) is 2. The molecule has 0 saturated carbocycles. The number of morpholine rings is 1. The summed E-state index contributed by atoms with van der Waals surface area (Å²) in [6, 6.07) is 10.1. The number of nitrogens with zero attached hydrogens (tertiary/aromatic N) is 1. The van der Waals surface area contributed by atoms with Crippen molar-refractivity contribution >= 4 is 34.1 Å². The number of halogens is 2. The third kappa shape index (κ3) is 4.04. The van der Waals surface area contributed by atoms with Crippen LogP contribution >= 0.6 is 11.6 Å². The van der Waals surface area contributed by atoms with E-state index in [4.69, 9.17) is 16.3 Å². The molecule has 0 radical (unpaired) electrons. The van der Waals surface area contributed by atoms with E-state index >= 15 is 0 Å². The lowest BCUT2D eigenvalue weighted by Crippen LogP contribution is -2.35. The quantitative estimate of drug-likeness (QED) is 0.683. The predicted molar refractivity (Wildman–Crippen MR) is 108 cm³/mol. The van der Waals surface area contributed by atoms with Crippen molar-refractivity contribution < 1.29 is 13.9 Å². The highest BCUT2D eigenvalue weighted by Gasteiger charge is 2.15. The molecule has 1 aliphatic rings. The van der Waals surface area contributed by atoms with Crippen molar-refractivity contribution in [2.45, 2.75) is 13.5 Å². The Kier molecular flexibility index (Phi) is 5.35. The van der Waals surface area contributed by atoms with Crippen molar-refractivity contribution in [3.63, 3.8) is 0 Å². The Balaban J connectivity index is 1.54. The highest BCUT2D eigenvalue weighted by atomic mass is 35.5. The molecule has 2 N–H and O–H groups in total. The van der Waals surface area contributed by atoms with Gasteiger partial charge in [0.2, 0.25) is 0 Å². The number of carbonyl (C=O) groups excluding carboxylic acids is 1. The molecule has 1 aromatic heterocycles. The predicted octanol–water partition coefficient (Wildman–Crippen LogP) is 4.35. The molecule has 0 atom stereocenters. The van der Waals surface area contributed by atoms with Crippen LogP contribution < -0.4 is 5.32 Å². The minimum absolute atomic E-state index is 0.304. The van der Waals surface area contributed by atoms with Gasteiger partial charge in [-0.1, -0.05) is 17.7 Å². The van der Waals surface area contributed by atoms with Gasteiger partial charge in [-0.2, -0.15) is 0 Å². The number of ether oxygens (including phenoxy) is 1. The van der Waals surface area contributed by atoms with E-state index in [2.05, 4.69) is 15.2 Å². The van der Waals surface area contributed by atoms with Crippen molar-refractivity contribution in [1.29, 1.82) is 0 Å². The van der Waals surface area contributed by atoms with Crippen LogP contribution in [0.4, 0.5) is 10.1 Å². The maximum absolute atomic E-state index is 14.0. The number of nitrogens with one attached hydrogen (secondary N) is 2. The first-order valence-electron chi connectivity index (χ1n) is 9.18. The molecule has 0 unspecified atom stereocenters. The number of aromatic nitrogens is 1. The molecule has 0 aliphatic carbocycles. The van der Waals surface area contributed by atoms with E-state index in [0.29, 0.717) is 27.3 Å². The Morgan fingerprint density at radius 1 is 1.25 bits per heavy atom. The summed E-state index contributed by atoms with van der Waals surface area (Å²) >= 11 is 6.25. The molecule has 1 fully saturated rings. The van der Waals surface area contributed by atoms with E-state index in [0.717, 1.165) is 44.0 Å². The average Bonchev–Trinajstić information content (AvgIpc) is 3.12. The second-order valence-electron chi connectivity index (χ2n) is 7.03. The van der Waals surface area contributed by atoms with Crippen LogP contribution in [0.15, 0.2) is 36.4 Å². The molecular weight excluding hydrogens is 381 g/mol. The summed E-state index contributed by atoms with van der Waals surface area (Å²) in [6.45, 7) is 5.79. The zero-order chi connectivity index (χ0) is 19.7. The second kappa shape index (κ2) is 7.91. The molecule has 7 heteroatoms. The monoisotopic (exact) mass is 401 g/mol. The smallest absolute Gasteiger partial charge is 0.272 e. The third-order valence-electron chi connectivity index (χ3n) is 4.92. The maximum Gasteiger partial charge on any atom is 0.272 e. The first-order valence-corrected chi connectivity index (χ1v) is 9.56. The number of amides is 1. The van der Waals surface area contributed by atoms with Crippen LogP contribution in [0.5, 0.6) is 0 Å². The summed E-state index contributed by atoms with van der Waals surface area (Å²) in [7, 11) is 0. The van der Waals surface area contributed by atoms with Crippen LogP contribution in [0.2, 0.25) is 5.02 Å². The Hall–Kier alpha value is -2.41. The fourth-order valence-corrected chi connectivity index (χ4v) is 3.74. The number of aromatic amines is 1. The number of benzene rings is 2. The fourth-order valence-electron chi connectivity index (χ4n) is 3.48.